The molecule has 0 saturated carbocycles. The van der Waals surface area contributed by atoms with Crippen molar-refractivity contribution in [1.29, 1.82) is 0 Å². The first kappa shape index (κ1) is 20.0. The number of ether oxygens (including phenoxy) is 1. The maximum Gasteiger partial charge on any atom is 0.310 e. The molecular formula is C20H20N4O5. The molecule has 0 aliphatic rings. The summed E-state index contributed by atoms with van der Waals surface area (Å²) in [7, 11) is 1.30. The lowest BCUT2D eigenvalue weighted by atomic mass is 9.98. The molecule has 1 amide bonds. The number of fused-ring (bicyclic) bond motifs is 1. The zero-order valence-corrected chi connectivity index (χ0v) is 16.0. The van der Waals surface area contributed by atoms with Gasteiger partial charge in [-0.1, -0.05) is 29.8 Å². The molecule has 1 heterocycles. The zero-order chi connectivity index (χ0) is 21.0. The molecule has 150 valence electrons. The maximum absolute atomic E-state index is 12.6. The number of H-pyrrole nitrogens is 1. The molecule has 9 heteroatoms. The van der Waals surface area contributed by atoms with Gasteiger partial charge in [-0.05, 0) is 25.0 Å². The Bertz CT molecular complexity index is 1060. The molecule has 29 heavy (non-hydrogen) atoms. The summed E-state index contributed by atoms with van der Waals surface area (Å²) in [5, 5.41) is 20.6. The lowest BCUT2D eigenvalue weighted by Crippen LogP contribution is -2.35. The van der Waals surface area contributed by atoms with Gasteiger partial charge in [0.2, 0.25) is 0 Å². The number of nitro groups is 1. The van der Waals surface area contributed by atoms with Crippen LogP contribution in [0.2, 0.25) is 0 Å². The molecule has 9 nitrogen and oxygen atoms in total. The summed E-state index contributed by atoms with van der Waals surface area (Å²) in [5.41, 5.74) is 2.45. The first-order valence-electron chi connectivity index (χ1n) is 8.93. The molecule has 0 bridgehead atoms. The minimum absolute atomic E-state index is 0.0302. The van der Waals surface area contributed by atoms with Gasteiger partial charge >= 0.3 is 5.97 Å². The van der Waals surface area contributed by atoms with Gasteiger partial charge in [-0.3, -0.25) is 24.8 Å². The van der Waals surface area contributed by atoms with Crippen LogP contribution in [-0.4, -0.2) is 40.7 Å². The summed E-state index contributed by atoms with van der Waals surface area (Å²) in [6.45, 7) is 2.02. The lowest BCUT2D eigenvalue weighted by molar-refractivity contribution is -0.384. The average Bonchev–Trinajstić information content (AvgIpc) is 3.15. The van der Waals surface area contributed by atoms with Crippen LogP contribution in [0.1, 0.15) is 21.6 Å². The number of nitrogens with zero attached hydrogens (tertiary/aromatic N) is 2. The van der Waals surface area contributed by atoms with Crippen LogP contribution >= 0.6 is 0 Å². The number of aromatic nitrogens is 2. The highest BCUT2D eigenvalue weighted by Crippen LogP contribution is 2.22. The smallest absolute Gasteiger partial charge is 0.310 e. The van der Waals surface area contributed by atoms with Crippen LogP contribution in [0.4, 0.5) is 5.69 Å². The van der Waals surface area contributed by atoms with Crippen molar-refractivity contribution in [2.24, 2.45) is 5.92 Å². The minimum atomic E-state index is -0.578. The van der Waals surface area contributed by atoms with Gasteiger partial charge in [-0.15, -0.1) is 0 Å². The molecule has 2 aromatic carbocycles. The van der Waals surface area contributed by atoms with Crippen molar-refractivity contribution >= 4 is 28.5 Å². The number of non-ortho nitro benzene ring substituents is 1. The molecule has 1 atom stereocenters. The Morgan fingerprint density at radius 3 is 2.62 bits per heavy atom. The van der Waals surface area contributed by atoms with E-state index in [1.54, 1.807) is 0 Å². The largest absolute Gasteiger partial charge is 0.469 e. The summed E-state index contributed by atoms with van der Waals surface area (Å²) in [4.78, 5) is 35.2. The number of aromatic amines is 1. The molecule has 0 spiro atoms. The fourth-order valence-corrected chi connectivity index (χ4v) is 3.00. The van der Waals surface area contributed by atoms with E-state index in [0.29, 0.717) is 17.3 Å². The van der Waals surface area contributed by atoms with Crippen molar-refractivity contribution in [3.8, 4) is 0 Å². The van der Waals surface area contributed by atoms with Crippen molar-refractivity contribution in [1.82, 2.24) is 15.5 Å². The molecule has 1 aromatic heterocycles. The molecule has 2 N–H and O–H groups in total. The Labute approximate surface area is 166 Å². The Morgan fingerprint density at radius 2 is 1.97 bits per heavy atom. The van der Waals surface area contributed by atoms with Gasteiger partial charge < -0.3 is 10.1 Å². The van der Waals surface area contributed by atoms with E-state index < -0.39 is 22.7 Å². The van der Waals surface area contributed by atoms with E-state index in [1.165, 1.54) is 25.3 Å². The van der Waals surface area contributed by atoms with Gasteiger partial charge in [-0.2, -0.15) is 5.10 Å². The Hall–Kier alpha value is -3.75. The molecule has 0 saturated heterocycles. The van der Waals surface area contributed by atoms with E-state index in [2.05, 4.69) is 15.5 Å². The summed E-state index contributed by atoms with van der Waals surface area (Å²) < 4.78 is 4.86. The van der Waals surface area contributed by atoms with Gasteiger partial charge in [-0.25, -0.2) is 0 Å². The normalized spacial score (nSPS) is 11.8. The zero-order valence-electron chi connectivity index (χ0n) is 16.0. The van der Waals surface area contributed by atoms with Crippen LogP contribution in [0.5, 0.6) is 0 Å². The molecule has 0 aliphatic heterocycles. The average molecular weight is 396 g/mol. The number of rotatable bonds is 7. The van der Waals surface area contributed by atoms with Crippen molar-refractivity contribution in [2.45, 2.75) is 13.3 Å². The Balaban J connectivity index is 1.75. The number of nitro benzene ring substituents is 1. The maximum atomic E-state index is 12.6. The fourth-order valence-electron chi connectivity index (χ4n) is 3.00. The number of methoxy groups -OCH3 is 1. The third-order valence-electron chi connectivity index (χ3n) is 4.62. The Kier molecular flexibility index (Phi) is 5.87. The minimum Gasteiger partial charge on any atom is -0.469 e. The van der Waals surface area contributed by atoms with Crippen LogP contribution in [0, 0.1) is 23.0 Å². The van der Waals surface area contributed by atoms with E-state index in [-0.39, 0.29) is 17.9 Å². The highest BCUT2D eigenvalue weighted by molar-refractivity contribution is 6.05. The number of carbonyl (C=O) groups is 2. The Morgan fingerprint density at radius 1 is 1.24 bits per heavy atom. The predicted molar refractivity (Wildman–Crippen MR) is 105 cm³/mol. The summed E-state index contributed by atoms with van der Waals surface area (Å²) >= 11 is 0. The van der Waals surface area contributed by atoms with Crippen molar-refractivity contribution < 1.29 is 19.2 Å². The molecule has 0 radical (unpaired) electrons. The van der Waals surface area contributed by atoms with Crippen molar-refractivity contribution in [3.05, 3.63) is 69.4 Å². The third-order valence-corrected chi connectivity index (χ3v) is 4.62. The predicted octanol–water partition coefficient (Wildman–Crippen LogP) is 2.54. The molecule has 0 aliphatic carbocycles. The van der Waals surface area contributed by atoms with E-state index in [4.69, 9.17) is 4.74 Å². The third kappa shape index (κ3) is 4.57. The van der Waals surface area contributed by atoms with E-state index >= 15 is 0 Å². The molecule has 0 fully saturated rings. The molecule has 3 aromatic rings. The number of aryl methyl sites for hydroxylation is 1. The second-order valence-electron chi connectivity index (χ2n) is 6.68. The van der Waals surface area contributed by atoms with E-state index in [9.17, 15) is 19.7 Å². The van der Waals surface area contributed by atoms with E-state index in [0.717, 1.165) is 11.1 Å². The second kappa shape index (κ2) is 8.51. The standard InChI is InChI=1S/C20H20N4O5/c1-12-3-5-13(6-4-12)9-14(20(26)29-2)11-21-19(25)18-16-10-15(24(27)28)7-8-17(16)22-23-18/h3-8,10,14H,9,11H2,1-2H3,(H,21,25)(H,22,23). The SMILES string of the molecule is COC(=O)C(CNC(=O)c1n[nH]c2ccc([N+](=O)[O-])cc12)Cc1ccc(C)cc1. The number of benzene rings is 2. The number of esters is 1. The fraction of sp³-hybridized carbons (Fsp3) is 0.250. The van der Waals surface area contributed by atoms with E-state index in [1.807, 2.05) is 31.2 Å². The molecular weight excluding hydrogens is 376 g/mol. The summed E-state index contributed by atoms with van der Waals surface area (Å²) in [6, 6.07) is 11.9. The number of nitrogens with one attached hydrogen (secondary N) is 2. The molecule has 3 rings (SSSR count). The van der Waals surface area contributed by atoms with Gasteiger partial charge in [0, 0.05) is 24.1 Å². The van der Waals surface area contributed by atoms with Gasteiger partial charge in [0.05, 0.1) is 23.5 Å². The molecule has 1 unspecified atom stereocenters. The first-order valence-corrected chi connectivity index (χ1v) is 8.93. The number of carbonyl (C=O) groups excluding carboxylic acids is 2. The van der Waals surface area contributed by atoms with Crippen molar-refractivity contribution in [3.63, 3.8) is 0 Å². The van der Waals surface area contributed by atoms with Gasteiger partial charge in [0.15, 0.2) is 5.69 Å². The number of hydrogen-bond acceptors (Lipinski definition) is 6. The van der Waals surface area contributed by atoms with Gasteiger partial charge in [0.25, 0.3) is 11.6 Å². The monoisotopic (exact) mass is 396 g/mol. The quantitative estimate of drug-likeness (QED) is 0.359. The summed E-state index contributed by atoms with van der Waals surface area (Å²) in [6.07, 6.45) is 0.403. The van der Waals surface area contributed by atoms with Crippen LogP contribution < -0.4 is 5.32 Å². The topological polar surface area (TPSA) is 127 Å². The second-order valence-corrected chi connectivity index (χ2v) is 6.68. The summed E-state index contributed by atoms with van der Waals surface area (Å²) in [5.74, 6) is -1.55. The highest BCUT2D eigenvalue weighted by Gasteiger charge is 2.23. The van der Waals surface area contributed by atoms with Crippen molar-refractivity contribution in [2.75, 3.05) is 13.7 Å². The van der Waals surface area contributed by atoms with Gasteiger partial charge in [0.1, 0.15) is 0 Å². The highest BCUT2D eigenvalue weighted by atomic mass is 16.6. The number of amides is 1. The van der Waals surface area contributed by atoms with Crippen LogP contribution in [0.25, 0.3) is 10.9 Å². The van der Waals surface area contributed by atoms with Crippen LogP contribution in [-0.2, 0) is 16.0 Å². The lowest BCUT2D eigenvalue weighted by Gasteiger charge is -2.15. The number of hydrogen-bond donors (Lipinski definition) is 2. The van der Waals surface area contributed by atoms with Crippen LogP contribution in [0.3, 0.4) is 0 Å². The van der Waals surface area contributed by atoms with Crippen LogP contribution in [0.15, 0.2) is 42.5 Å². The first-order chi connectivity index (χ1) is 13.9.